The summed E-state index contributed by atoms with van der Waals surface area (Å²) in [6, 6.07) is 97.0. The summed E-state index contributed by atoms with van der Waals surface area (Å²) < 4.78 is 2.86. The van der Waals surface area contributed by atoms with E-state index in [0.717, 1.165) is 47.7 Å². The molecule has 0 saturated heterocycles. The van der Waals surface area contributed by atoms with Crippen molar-refractivity contribution in [1.29, 1.82) is 0 Å². The van der Waals surface area contributed by atoms with Crippen molar-refractivity contribution in [3.8, 4) is 0 Å². The third-order valence-electron chi connectivity index (χ3n) is 12.2. The Morgan fingerprint density at radius 2 is 0.323 bits per heavy atom. The molecule has 0 amide bonds. The zero-order valence-electron chi connectivity index (χ0n) is 34.3. The molecular formula is C56H50O2P3Pd. The average molecular weight is 954 g/mol. The fraction of sp³-hybridized carbons (Fsp3) is 0. The molecule has 6 heteroatoms. The van der Waals surface area contributed by atoms with Crippen LogP contribution in [0.5, 0.6) is 0 Å². The first-order chi connectivity index (χ1) is 30.7. The minimum atomic E-state index is -6.04. The summed E-state index contributed by atoms with van der Waals surface area (Å²) in [5.41, 5.74) is -12.5. The first-order valence-corrected chi connectivity index (χ1v) is 35.0. The summed E-state index contributed by atoms with van der Waals surface area (Å²) in [5.74, 6) is 0. The molecule has 9 rings (SSSR count). The maximum atomic E-state index is 17.4. The van der Waals surface area contributed by atoms with E-state index in [1.165, 1.54) is 9.52 Å². The van der Waals surface area contributed by atoms with Crippen LogP contribution in [-0.4, -0.2) is 9.52 Å². The van der Waals surface area contributed by atoms with Crippen molar-refractivity contribution in [2.24, 2.45) is 0 Å². The van der Waals surface area contributed by atoms with Gasteiger partial charge in [-0.05, 0) is 0 Å². The summed E-state index contributed by atoms with van der Waals surface area (Å²) in [4.78, 5) is 34.8. The van der Waals surface area contributed by atoms with Gasteiger partial charge in [-0.1, -0.05) is 0 Å². The van der Waals surface area contributed by atoms with Crippen molar-refractivity contribution in [3.63, 3.8) is 0 Å². The Morgan fingerprint density at radius 3 is 0.419 bits per heavy atom. The topological polar surface area (TPSA) is 34.1 Å². The van der Waals surface area contributed by atoms with Crippen molar-refractivity contribution < 1.29 is 22.4 Å². The van der Waals surface area contributed by atoms with E-state index >= 15 is 9.59 Å². The molecule has 0 aliphatic heterocycles. The summed E-state index contributed by atoms with van der Waals surface area (Å²) in [7, 11) is 0. The van der Waals surface area contributed by atoms with Crippen LogP contribution in [-0.2, 0) is 22.4 Å². The van der Waals surface area contributed by atoms with Gasteiger partial charge in [-0.3, -0.25) is 0 Å². The fourth-order valence-corrected chi connectivity index (χ4v) is 118. The number of hydrogen-bond acceptors (Lipinski definition) is 2. The molecule has 0 N–H and O–H groups in total. The van der Waals surface area contributed by atoms with E-state index < -0.39 is 29.2 Å². The van der Waals surface area contributed by atoms with Crippen LogP contribution >= 0.6 is 16.4 Å². The van der Waals surface area contributed by atoms with Gasteiger partial charge in [0, 0.05) is 0 Å². The predicted molar refractivity (Wildman–Crippen MR) is 273 cm³/mol. The second-order valence-electron chi connectivity index (χ2n) is 15.2. The van der Waals surface area contributed by atoms with E-state index in [9.17, 15) is 0 Å². The van der Waals surface area contributed by atoms with Gasteiger partial charge in [0.25, 0.3) is 0 Å². The van der Waals surface area contributed by atoms with Crippen LogP contribution in [0.3, 0.4) is 0 Å². The van der Waals surface area contributed by atoms with Crippen molar-refractivity contribution in [2.45, 2.75) is 0 Å². The molecule has 62 heavy (non-hydrogen) atoms. The number of hydrogen-bond donors (Lipinski definition) is 0. The van der Waals surface area contributed by atoms with Crippen LogP contribution in [0.1, 0.15) is 0 Å². The van der Waals surface area contributed by atoms with Gasteiger partial charge >= 0.3 is 369 Å². The third-order valence-corrected chi connectivity index (χ3v) is 89.3. The number of benzene rings is 9. The van der Waals surface area contributed by atoms with Crippen molar-refractivity contribution in [1.82, 2.24) is 0 Å². The summed E-state index contributed by atoms with van der Waals surface area (Å²) >= 11 is -6.04. The summed E-state index contributed by atoms with van der Waals surface area (Å²) in [6.45, 7) is 0. The van der Waals surface area contributed by atoms with Gasteiger partial charge in [-0.15, -0.1) is 0 Å². The van der Waals surface area contributed by atoms with E-state index in [2.05, 4.69) is 273 Å². The first-order valence-electron chi connectivity index (χ1n) is 20.8. The quantitative estimate of drug-likeness (QED) is 0.0621. The van der Waals surface area contributed by atoms with Crippen LogP contribution < -0.4 is 47.7 Å². The predicted octanol–water partition coefficient (Wildman–Crippen LogP) is 8.98. The van der Waals surface area contributed by atoms with E-state index in [0.29, 0.717) is 0 Å². The number of carbonyl (C=O) groups excluding carboxylic acids is 2. The van der Waals surface area contributed by atoms with Crippen LogP contribution in [0.4, 0.5) is 0 Å². The van der Waals surface area contributed by atoms with Gasteiger partial charge < -0.3 is 0 Å². The molecule has 0 saturated carbocycles. The van der Waals surface area contributed by atoms with Crippen LogP contribution in [0.2, 0.25) is 0 Å². The zero-order chi connectivity index (χ0) is 42.4. The molecule has 0 spiro atoms. The van der Waals surface area contributed by atoms with Gasteiger partial charge in [0.05, 0.1) is 0 Å². The molecule has 0 aromatic heterocycles. The fourth-order valence-electron chi connectivity index (χ4n) is 10.1. The van der Waals surface area contributed by atoms with Crippen LogP contribution in [0.15, 0.2) is 273 Å². The van der Waals surface area contributed by atoms with Gasteiger partial charge in [0.15, 0.2) is 0 Å². The average Bonchev–Trinajstić information content (AvgIpc) is 3.37. The Morgan fingerprint density at radius 1 is 0.210 bits per heavy atom. The SMILES string of the molecule is O=[CH][Pd]([CH]=O)([PH](c1ccccc1)(c1ccccc1)c1ccccc1)([PH](c1ccccc1)(c1ccccc1)c1ccccc1)[PH](c1ccccc1)(c1ccccc1)c1ccccc1. The van der Waals surface area contributed by atoms with Crippen molar-refractivity contribution >= 4 is 73.6 Å². The van der Waals surface area contributed by atoms with Crippen molar-refractivity contribution in [2.75, 3.05) is 0 Å². The molecule has 9 aromatic rings. The molecule has 2 nitrogen and oxygen atoms in total. The molecule has 0 aliphatic rings. The molecule has 0 radical (unpaired) electrons. The van der Waals surface area contributed by atoms with E-state index in [-0.39, 0.29) is 0 Å². The van der Waals surface area contributed by atoms with E-state index in [4.69, 9.17) is 0 Å². The van der Waals surface area contributed by atoms with Gasteiger partial charge in [-0.25, -0.2) is 0 Å². The molecular weight excluding hydrogens is 904 g/mol. The van der Waals surface area contributed by atoms with Crippen LogP contribution in [0.25, 0.3) is 0 Å². The Balaban J connectivity index is 1.81. The van der Waals surface area contributed by atoms with Crippen molar-refractivity contribution in [3.05, 3.63) is 273 Å². The molecule has 0 fully saturated rings. The zero-order valence-corrected chi connectivity index (χ0v) is 38.8. The molecule has 0 bridgehead atoms. The molecule has 0 heterocycles. The second-order valence-corrected chi connectivity index (χ2v) is 57.3. The Bertz CT molecular complexity index is 2260. The Kier molecular flexibility index (Phi) is 11.8. The number of carbonyl (C=O) groups is 2. The van der Waals surface area contributed by atoms with Gasteiger partial charge in [0.2, 0.25) is 0 Å². The first kappa shape index (κ1) is 41.6. The molecule has 0 atom stereocenters. The van der Waals surface area contributed by atoms with Gasteiger partial charge in [0.1, 0.15) is 0 Å². The van der Waals surface area contributed by atoms with Gasteiger partial charge in [-0.2, -0.15) is 0 Å². The molecule has 0 unspecified atom stereocenters. The molecule has 0 aliphatic carbocycles. The van der Waals surface area contributed by atoms with E-state index in [1.54, 1.807) is 0 Å². The third kappa shape index (κ3) is 5.71. The molecule has 9 aromatic carbocycles. The molecule has 311 valence electrons. The maximum absolute atomic E-state index is 17.4. The summed E-state index contributed by atoms with van der Waals surface area (Å²) in [5, 5.41) is 9.45. The Labute approximate surface area is 366 Å². The normalized spacial score (nSPS) is 13.5. The Hall–Kier alpha value is -5.73. The number of rotatable bonds is 14. The van der Waals surface area contributed by atoms with E-state index in [1.807, 2.05) is 0 Å². The minimum absolute atomic E-state index is 1.05. The van der Waals surface area contributed by atoms with Crippen LogP contribution in [0, 0.1) is 0 Å². The monoisotopic (exact) mass is 953 g/mol. The standard InChI is InChI=1S/3C18H15P.2CHO.Pd/c3*1-4-10-16(11-5-1)19(17-12-6-2-7-13-17)18-14-8-3-9-15-18;2*1-2;/h3*1-15H;2*1H;/q;;;;;-3/p+3. The summed E-state index contributed by atoms with van der Waals surface area (Å²) in [6.07, 6.45) is 0. The second kappa shape index (κ2) is 17.6.